The lowest BCUT2D eigenvalue weighted by molar-refractivity contribution is 0.164. The zero-order chi connectivity index (χ0) is 13.3. The molecule has 2 rings (SSSR count). The third-order valence-corrected chi connectivity index (χ3v) is 3.93. The Bertz CT molecular complexity index is 536. The topological polar surface area (TPSA) is 87.9 Å². The van der Waals surface area contributed by atoms with Gasteiger partial charge in [0.15, 0.2) is 11.5 Å². The third-order valence-electron chi connectivity index (χ3n) is 2.42. The van der Waals surface area contributed by atoms with Crippen molar-refractivity contribution in [2.45, 2.75) is 0 Å². The summed E-state index contributed by atoms with van der Waals surface area (Å²) in [5.74, 6) is 0.823. The predicted molar refractivity (Wildman–Crippen MR) is 66.7 cm³/mol. The first-order chi connectivity index (χ1) is 8.39. The molecule has 0 aliphatic carbocycles. The van der Waals surface area contributed by atoms with Gasteiger partial charge >= 0.3 is 6.09 Å². The highest BCUT2D eigenvalue weighted by molar-refractivity contribution is 7.70. The summed E-state index contributed by atoms with van der Waals surface area (Å²) in [5, 5.41) is 0.564. The first kappa shape index (κ1) is 12.8. The number of rotatable bonds is 2. The van der Waals surface area contributed by atoms with Gasteiger partial charge in [0.25, 0.3) is 0 Å². The molecule has 0 spiro atoms. The molecule has 1 aromatic rings. The molecule has 0 fully saturated rings. The lowest BCUT2D eigenvalue weighted by Gasteiger charge is -2.24. The van der Waals surface area contributed by atoms with Crippen molar-refractivity contribution >= 4 is 18.5 Å². The third kappa shape index (κ3) is 2.43. The van der Waals surface area contributed by atoms with Gasteiger partial charge in [0.05, 0.1) is 5.30 Å². The monoisotopic (exact) mass is 271 g/mol. The number of carbonyl (C=O) groups excluding carboxylic acids is 1. The molecular formula is C11H14NO5P. The molecule has 7 heteroatoms. The van der Waals surface area contributed by atoms with Gasteiger partial charge in [0.2, 0.25) is 5.75 Å². The standard InChI is InChI=1S/C11H14NO5P/c1-18(2,14)8-4-3-7(17-11(12)13)9-10(8)16-6-5-15-9/h3-4H,5-6H2,1-2H3,(H2,12,13). The summed E-state index contributed by atoms with van der Waals surface area (Å²) in [6, 6.07) is 3.11. The molecule has 1 aromatic carbocycles. The van der Waals surface area contributed by atoms with Crippen molar-refractivity contribution in [1.82, 2.24) is 0 Å². The Morgan fingerprint density at radius 3 is 2.44 bits per heavy atom. The number of nitrogens with two attached hydrogens (primary N) is 1. The average molecular weight is 271 g/mol. The van der Waals surface area contributed by atoms with Crippen molar-refractivity contribution in [1.29, 1.82) is 0 Å². The summed E-state index contributed by atoms with van der Waals surface area (Å²) in [4.78, 5) is 10.8. The van der Waals surface area contributed by atoms with Crippen LogP contribution in [0.4, 0.5) is 4.79 Å². The number of carbonyl (C=O) groups is 1. The number of hydrogen-bond donors (Lipinski definition) is 1. The van der Waals surface area contributed by atoms with Gasteiger partial charge in [-0.05, 0) is 25.5 Å². The molecule has 0 unspecified atom stereocenters. The van der Waals surface area contributed by atoms with Gasteiger partial charge in [-0.2, -0.15) is 0 Å². The number of hydrogen-bond acceptors (Lipinski definition) is 5. The van der Waals surface area contributed by atoms with Crippen molar-refractivity contribution in [3.05, 3.63) is 12.1 Å². The Labute approximate surface area is 104 Å². The van der Waals surface area contributed by atoms with E-state index in [9.17, 15) is 9.36 Å². The zero-order valence-electron chi connectivity index (χ0n) is 10.1. The van der Waals surface area contributed by atoms with Gasteiger partial charge in [-0.3, -0.25) is 0 Å². The Kier molecular flexibility index (Phi) is 3.22. The van der Waals surface area contributed by atoms with Crippen LogP contribution in [0.5, 0.6) is 17.2 Å². The molecule has 1 amide bonds. The second-order valence-corrected chi connectivity index (χ2v) is 7.39. The van der Waals surface area contributed by atoms with E-state index in [1.807, 2.05) is 0 Å². The number of benzene rings is 1. The molecule has 6 nitrogen and oxygen atoms in total. The Hall–Kier alpha value is -1.68. The van der Waals surface area contributed by atoms with Gasteiger partial charge in [0, 0.05) is 0 Å². The largest absolute Gasteiger partial charge is 0.485 e. The number of primary amides is 1. The first-order valence-electron chi connectivity index (χ1n) is 5.35. The molecule has 2 N–H and O–H groups in total. The van der Waals surface area contributed by atoms with E-state index in [4.69, 9.17) is 19.9 Å². The van der Waals surface area contributed by atoms with Crippen LogP contribution in [-0.4, -0.2) is 32.6 Å². The Morgan fingerprint density at radius 2 is 1.89 bits per heavy atom. The summed E-state index contributed by atoms with van der Waals surface area (Å²) < 4.78 is 27.9. The highest BCUT2D eigenvalue weighted by Crippen LogP contribution is 2.46. The summed E-state index contributed by atoms with van der Waals surface area (Å²) in [6.45, 7) is 3.97. The molecule has 1 heterocycles. The summed E-state index contributed by atoms with van der Waals surface area (Å²) in [7, 11) is -2.51. The maximum Gasteiger partial charge on any atom is 0.410 e. The van der Waals surface area contributed by atoms with Crippen LogP contribution in [0.15, 0.2) is 12.1 Å². The van der Waals surface area contributed by atoms with Crippen LogP contribution in [0, 0.1) is 0 Å². The minimum Gasteiger partial charge on any atom is -0.485 e. The van der Waals surface area contributed by atoms with E-state index in [0.29, 0.717) is 24.3 Å². The number of amides is 1. The SMILES string of the molecule is CP(C)(=O)c1ccc(OC(N)=O)c2c1OCCO2. The van der Waals surface area contributed by atoms with Crippen molar-refractivity contribution < 1.29 is 23.6 Å². The fraction of sp³-hybridized carbons (Fsp3) is 0.364. The number of ether oxygens (including phenoxy) is 3. The molecule has 0 aromatic heterocycles. The van der Waals surface area contributed by atoms with Gasteiger partial charge in [-0.15, -0.1) is 0 Å². The second kappa shape index (κ2) is 4.53. The summed E-state index contributed by atoms with van der Waals surface area (Å²) in [6.07, 6.45) is -0.935. The first-order valence-corrected chi connectivity index (χ1v) is 7.95. The van der Waals surface area contributed by atoms with Crippen LogP contribution in [0.2, 0.25) is 0 Å². The molecule has 0 bridgehead atoms. The molecule has 0 atom stereocenters. The summed E-state index contributed by atoms with van der Waals surface area (Å²) in [5.41, 5.74) is 4.97. The molecule has 1 aliphatic heterocycles. The number of fused-ring (bicyclic) bond motifs is 1. The van der Waals surface area contributed by atoms with Crippen LogP contribution in [-0.2, 0) is 4.57 Å². The minimum atomic E-state index is -2.51. The minimum absolute atomic E-state index is 0.175. The predicted octanol–water partition coefficient (Wildman–Crippen LogP) is 1.16. The lowest BCUT2D eigenvalue weighted by Crippen LogP contribution is -2.23. The maximum atomic E-state index is 12.2. The van der Waals surface area contributed by atoms with Crippen LogP contribution >= 0.6 is 7.14 Å². The lowest BCUT2D eigenvalue weighted by atomic mass is 10.3. The van der Waals surface area contributed by atoms with E-state index in [-0.39, 0.29) is 11.5 Å². The van der Waals surface area contributed by atoms with E-state index < -0.39 is 13.2 Å². The molecule has 0 saturated carbocycles. The van der Waals surface area contributed by atoms with Crippen LogP contribution in [0.3, 0.4) is 0 Å². The maximum absolute atomic E-state index is 12.2. The molecule has 18 heavy (non-hydrogen) atoms. The van der Waals surface area contributed by atoms with Gasteiger partial charge in [-0.1, -0.05) is 0 Å². The van der Waals surface area contributed by atoms with Gasteiger partial charge < -0.3 is 24.5 Å². The van der Waals surface area contributed by atoms with Crippen molar-refractivity contribution in [3.8, 4) is 17.2 Å². The zero-order valence-corrected chi connectivity index (χ0v) is 11.0. The van der Waals surface area contributed by atoms with Crippen LogP contribution in [0.25, 0.3) is 0 Å². The highest BCUT2D eigenvalue weighted by atomic mass is 31.2. The fourth-order valence-corrected chi connectivity index (χ4v) is 2.80. The molecular weight excluding hydrogens is 257 g/mol. The van der Waals surface area contributed by atoms with Gasteiger partial charge in [0.1, 0.15) is 20.4 Å². The Morgan fingerprint density at radius 1 is 1.28 bits per heavy atom. The smallest absolute Gasteiger partial charge is 0.410 e. The molecule has 1 aliphatic rings. The van der Waals surface area contributed by atoms with Crippen molar-refractivity contribution in [3.63, 3.8) is 0 Å². The second-order valence-electron chi connectivity index (χ2n) is 4.21. The normalized spacial score (nSPS) is 14.1. The van der Waals surface area contributed by atoms with E-state index in [1.54, 1.807) is 19.4 Å². The van der Waals surface area contributed by atoms with Crippen LogP contribution < -0.4 is 25.2 Å². The van der Waals surface area contributed by atoms with E-state index in [0.717, 1.165) is 0 Å². The fourth-order valence-electron chi connectivity index (χ4n) is 1.71. The van der Waals surface area contributed by atoms with Gasteiger partial charge in [-0.25, -0.2) is 4.79 Å². The van der Waals surface area contributed by atoms with Crippen LogP contribution in [0.1, 0.15) is 0 Å². The van der Waals surface area contributed by atoms with E-state index in [2.05, 4.69) is 0 Å². The van der Waals surface area contributed by atoms with E-state index in [1.165, 1.54) is 6.07 Å². The quantitative estimate of drug-likeness (QED) is 0.815. The highest BCUT2D eigenvalue weighted by Gasteiger charge is 2.27. The molecule has 0 radical (unpaired) electrons. The molecule has 0 saturated heterocycles. The average Bonchev–Trinajstić information content (AvgIpc) is 2.27. The van der Waals surface area contributed by atoms with Crippen molar-refractivity contribution in [2.75, 3.05) is 26.5 Å². The Balaban J connectivity index is 2.55. The van der Waals surface area contributed by atoms with Crippen molar-refractivity contribution in [2.24, 2.45) is 5.73 Å². The summed E-state index contributed by atoms with van der Waals surface area (Å²) >= 11 is 0. The molecule has 98 valence electrons. The van der Waals surface area contributed by atoms with E-state index >= 15 is 0 Å².